The van der Waals surface area contributed by atoms with E-state index in [9.17, 15) is 9.90 Å². The molecule has 36 heavy (non-hydrogen) atoms. The second kappa shape index (κ2) is 11.1. The molecule has 0 aliphatic rings. The first kappa shape index (κ1) is 27.8. The van der Waals surface area contributed by atoms with Crippen molar-refractivity contribution in [3.05, 3.63) is 69.5 Å². The maximum Gasteiger partial charge on any atom is 0.305 e. The lowest BCUT2D eigenvalue weighted by Crippen LogP contribution is -2.38. The Balaban J connectivity index is 2.13. The van der Waals surface area contributed by atoms with Crippen molar-refractivity contribution in [2.24, 2.45) is 5.41 Å². The van der Waals surface area contributed by atoms with Crippen molar-refractivity contribution >= 4 is 21.9 Å². The lowest BCUT2D eigenvalue weighted by Gasteiger charge is -2.34. The molecule has 0 bridgehead atoms. The van der Waals surface area contributed by atoms with E-state index in [2.05, 4.69) is 71.4 Å². The molecule has 2 atom stereocenters. The average Bonchev–Trinajstić information content (AvgIpc) is 3.26. The summed E-state index contributed by atoms with van der Waals surface area (Å²) in [5.74, 6) is 0.421. The topological polar surface area (TPSA) is 102 Å². The number of nitrogens with zero attached hydrogens (tertiary/aromatic N) is 4. The molecule has 0 fully saturated rings. The van der Waals surface area contributed by atoms with Crippen molar-refractivity contribution in [1.82, 2.24) is 25.5 Å². The molecule has 2 unspecified atom stereocenters. The van der Waals surface area contributed by atoms with E-state index in [1.165, 1.54) is 0 Å². The number of aliphatic carboxylic acids is 1. The van der Waals surface area contributed by atoms with Gasteiger partial charge in [-0.15, -0.1) is 5.10 Å². The van der Waals surface area contributed by atoms with Gasteiger partial charge in [-0.1, -0.05) is 56.7 Å². The van der Waals surface area contributed by atoms with E-state index in [1.807, 2.05) is 54.1 Å². The van der Waals surface area contributed by atoms with Crippen molar-refractivity contribution in [3.63, 3.8) is 0 Å². The van der Waals surface area contributed by atoms with Crippen molar-refractivity contribution < 1.29 is 14.6 Å². The fourth-order valence-electron chi connectivity index (χ4n) is 4.81. The molecule has 0 saturated heterocycles. The summed E-state index contributed by atoms with van der Waals surface area (Å²) in [7, 11) is 1.62. The Hall–Kier alpha value is -2.78. The van der Waals surface area contributed by atoms with Crippen LogP contribution in [0.15, 0.2) is 46.9 Å². The summed E-state index contributed by atoms with van der Waals surface area (Å²) in [6, 6.07) is 12.7. The molecule has 0 radical (unpaired) electrons. The number of aromatic nitrogens is 4. The fraction of sp³-hybridized carbons (Fsp3) is 0.481. The van der Waals surface area contributed by atoms with Gasteiger partial charge in [0.05, 0.1) is 29.6 Å². The van der Waals surface area contributed by atoms with Crippen LogP contribution in [-0.2, 0) is 10.3 Å². The maximum atomic E-state index is 11.9. The van der Waals surface area contributed by atoms with Gasteiger partial charge in [-0.25, -0.2) is 4.68 Å². The van der Waals surface area contributed by atoms with Gasteiger partial charge in [0.15, 0.2) is 5.82 Å². The van der Waals surface area contributed by atoms with Gasteiger partial charge in [0, 0.05) is 6.04 Å². The van der Waals surface area contributed by atoms with Gasteiger partial charge in [-0.2, -0.15) is 0 Å². The predicted octanol–water partition coefficient (Wildman–Crippen LogP) is 5.82. The van der Waals surface area contributed by atoms with Gasteiger partial charge in [0.1, 0.15) is 5.75 Å². The minimum Gasteiger partial charge on any atom is -0.496 e. The summed E-state index contributed by atoms with van der Waals surface area (Å²) in [5, 5.41) is 26.2. The molecule has 2 N–H and O–H groups in total. The van der Waals surface area contributed by atoms with E-state index in [4.69, 9.17) is 4.74 Å². The number of carboxylic acids is 1. The van der Waals surface area contributed by atoms with Crippen molar-refractivity contribution in [2.75, 3.05) is 7.11 Å². The van der Waals surface area contributed by atoms with Gasteiger partial charge >= 0.3 is 5.97 Å². The highest BCUT2D eigenvalue weighted by molar-refractivity contribution is 9.10. The number of ether oxygens (including phenoxy) is 1. The van der Waals surface area contributed by atoms with E-state index < -0.39 is 18.1 Å². The average molecular weight is 559 g/mol. The lowest BCUT2D eigenvalue weighted by molar-refractivity contribution is -0.137. The smallest absolute Gasteiger partial charge is 0.305 e. The van der Waals surface area contributed by atoms with Gasteiger partial charge < -0.3 is 9.84 Å². The van der Waals surface area contributed by atoms with E-state index in [1.54, 1.807) is 7.11 Å². The molecule has 0 spiro atoms. The van der Waals surface area contributed by atoms with Crippen LogP contribution in [-0.4, -0.2) is 38.4 Å². The molecule has 3 rings (SSSR count). The standard InChI is InChI=1S/C27H36BrN5O3/c1-17-8-10-18(11-9-17)21(15-23(34)35)29-24(19-12-13-22(36-7)20(28)14-19)25-30-31-32-33(25)27(5,6)16-26(2,3)4/h8-14,21,24,29H,15-16H2,1-7H3,(H,34,35). The van der Waals surface area contributed by atoms with E-state index in [-0.39, 0.29) is 17.4 Å². The third-order valence-corrected chi connectivity index (χ3v) is 6.64. The predicted molar refractivity (Wildman–Crippen MR) is 143 cm³/mol. The Morgan fingerprint density at radius 2 is 1.75 bits per heavy atom. The van der Waals surface area contributed by atoms with Gasteiger partial charge in [-0.05, 0) is 82.2 Å². The first-order valence-corrected chi connectivity index (χ1v) is 12.8. The Morgan fingerprint density at radius 3 is 2.31 bits per heavy atom. The number of benzene rings is 2. The summed E-state index contributed by atoms with van der Waals surface area (Å²) in [6.45, 7) is 12.8. The number of aryl methyl sites for hydroxylation is 1. The minimum absolute atomic E-state index is 0.0481. The number of tetrazole rings is 1. The summed E-state index contributed by atoms with van der Waals surface area (Å²) in [6.07, 6.45) is 0.747. The maximum absolute atomic E-state index is 11.9. The number of halogens is 1. The van der Waals surface area contributed by atoms with Crippen molar-refractivity contribution in [3.8, 4) is 5.75 Å². The first-order chi connectivity index (χ1) is 16.8. The number of carbonyl (C=O) groups is 1. The van der Waals surface area contributed by atoms with Crippen LogP contribution in [0, 0.1) is 12.3 Å². The Kier molecular flexibility index (Phi) is 8.56. The molecule has 0 amide bonds. The van der Waals surface area contributed by atoms with Crippen LogP contribution in [0.3, 0.4) is 0 Å². The molecular formula is C27H36BrN5O3. The SMILES string of the molecule is COc1ccc(C(NC(CC(=O)O)c2ccc(C)cc2)c2nnnn2C(C)(C)CC(C)(C)C)cc1Br. The molecule has 0 saturated carbocycles. The third kappa shape index (κ3) is 6.91. The summed E-state index contributed by atoms with van der Waals surface area (Å²) in [5.41, 5.74) is 2.54. The van der Waals surface area contributed by atoms with E-state index >= 15 is 0 Å². The summed E-state index contributed by atoms with van der Waals surface area (Å²) in [4.78, 5) is 11.9. The molecule has 1 heterocycles. The molecule has 9 heteroatoms. The number of nitrogens with one attached hydrogen (secondary N) is 1. The van der Waals surface area contributed by atoms with Gasteiger partial charge in [-0.3, -0.25) is 10.1 Å². The van der Waals surface area contributed by atoms with Crippen LogP contribution in [0.4, 0.5) is 0 Å². The summed E-state index contributed by atoms with van der Waals surface area (Å²) < 4.78 is 8.07. The number of hydrogen-bond acceptors (Lipinski definition) is 6. The second-order valence-corrected chi connectivity index (χ2v) is 11.9. The molecule has 2 aromatic carbocycles. The Bertz CT molecular complexity index is 1180. The van der Waals surface area contributed by atoms with E-state index in [0.29, 0.717) is 11.6 Å². The zero-order valence-electron chi connectivity index (χ0n) is 22.0. The van der Waals surface area contributed by atoms with E-state index in [0.717, 1.165) is 27.6 Å². The number of methoxy groups -OCH3 is 1. The number of rotatable bonds is 10. The molecule has 0 aliphatic heterocycles. The lowest BCUT2D eigenvalue weighted by atomic mass is 9.81. The fourth-order valence-corrected chi connectivity index (χ4v) is 5.37. The monoisotopic (exact) mass is 557 g/mol. The van der Waals surface area contributed by atoms with Crippen LogP contribution in [0.25, 0.3) is 0 Å². The largest absolute Gasteiger partial charge is 0.496 e. The number of carboxylic acid groups (broad SMARTS) is 1. The molecule has 1 aromatic heterocycles. The zero-order valence-corrected chi connectivity index (χ0v) is 23.6. The highest BCUT2D eigenvalue weighted by atomic mass is 79.9. The molecule has 194 valence electrons. The van der Waals surface area contributed by atoms with Crippen LogP contribution < -0.4 is 10.1 Å². The second-order valence-electron chi connectivity index (χ2n) is 11.1. The van der Waals surface area contributed by atoms with Crippen LogP contribution >= 0.6 is 15.9 Å². The minimum atomic E-state index is -0.893. The first-order valence-electron chi connectivity index (χ1n) is 12.0. The highest BCUT2D eigenvalue weighted by Crippen LogP contribution is 2.36. The summed E-state index contributed by atoms with van der Waals surface area (Å²) >= 11 is 3.59. The van der Waals surface area contributed by atoms with Crippen molar-refractivity contribution in [1.29, 1.82) is 0 Å². The Morgan fingerprint density at radius 1 is 1.11 bits per heavy atom. The normalized spacial score (nSPS) is 13.9. The Labute approximate surface area is 221 Å². The molecular weight excluding hydrogens is 522 g/mol. The quantitative estimate of drug-likeness (QED) is 0.323. The molecule has 8 nitrogen and oxygen atoms in total. The highest BCUT2D eigenvalue weighted by Gasteiger charge is 2.35. The molecule has 3 aromatic rings. The third-order valence-electron chi connectivity index (χ3n) is 6.02. The van der Waals surface area contributed by atoms with Crippen LogP contribution in [0.2, 0.25) is 0 Å². The van der Waals surface area contributed by atoms with Crippen LogP contribution in [0.5, 0.6) is 5.75 Å². The number of hydrogen-bond donors (Lipinski definition) is 2. The van der Waals surface area contributed by atoms with Crippen LogP contribution in [0.1, 0.15) is 82.1 Å². The van der Waals surface area contributed by atoms with Gasteiger partial charge in [0.2, 0.25) is 0 Å². The zero-order chi connectivity index (χ0) is 26.7. The van der Waals surface area contributed by atoms with Crippen molar-refractivity contribution in [2.45, 2.75) is 72.0 Å². The van der Waals surface area contributed by atoms with Gasteiger partial charge in [0.25, 0.3) is 0 Å². The molecule has 0 aliphatic carbocycles.